The van der Waals surface area contributed by atoms with Crippen molar-refractivity contribution in [2.45, 2.75) is 37.9 Å². The number of aromatic nitrogens is 2. The van der Waals surface area contributed by atoms with Gasteiger partial charge in [0.25, 0.3) is 10.0 Å². The fourth-order valence-corrected chi connectivity index (χ4v) is 4.69. The number of carbonyl (C=O) groups is 1. The Morgan fingerprint density at radius 2 is 2.07 bits per heavy atom. The quantitative estimate of drug-likeness (QED) is 0.754. The Bertz CT molecular complexity index is 908. The molecular formula is C19H26N4O4S. The summed E-state index contributed by atoms with van der Waals surface area (Å²) in [7, 11) is -2.08. The Morgan fingerprint density at radius 3 is 2.71 bits per heavy atom. The van der Waals surface area contributed by atoms with E-state index in [-0.39, 0.29) is 23.4 Å². The third kappa shape index (κ3) is 4.53. The molecule has 1 fully saturated rings. The monoisotopic (exact) mass is 406 g/mol. The van der Waals surface area contributed by atoms with Gasteiger partial charge in [0.15, 0.2) is 5.03 Å². The topological polar surface area (TPSA) is 93.5 Å². The highest BCUT2D eigenvalue weighted by Crippen LogP contribution is 2.23. The first-order chi connectivity index (χ1) is 13.4. The highest BCUT2D eigenvalue weighted by Gasteiger charge is 2.34. The standard InChI is InChI=1S/C19H26N4O4S/c1-3-22-13-18(21-14-22)28(25,26)23-10-4-5-16(12-23)19(24)20-11-15-6-8-17(27-2)9-7-15/h6-9,13-14,16H,3-5,10-12H2,1-2H3,(H,20,24). The maximum atomic E-state index is 12.8. The molecule has 0 bridgehead atoms. The molecule has 0 spiro atoms. The van der Waals surface area contributed by atoms with Crippen LogP contribution in [0.4, 0.5) is 0 Å². The normalized spacial score (nSPS) is 18.0. The van der Waals surface area contributed by atoms with Crippen molar-refractivity contribution in [3.05, 3.63) is 42.4 Å². The zero-order valence-corrected chi connectivity index (χ0v) is 17.0. The molecule has 1 aromatic heterocycles. The predicted molar refractivity (Wildman–Crippen MR) is 104 cm³/mol. The van der Waals surface area contributed by atoms with Gasteiger partial charge in [-0.25, -0.2) is 13.4 Å². The molecule has 8 nitrogen and oxygen atoms in total. The van der Waals surface area contributed by atoms with Crippen LogP contribution in [-0.2, 0) is 27.9 Å². The van der Waals surface area contributed by atoms with Gasteiger partial charge in [0, 0.05) is 32.4 Å². The number of methoxy groups -OCH3 is 1. The van der Waals surface area contributed by atoms with E-state index in [2.05, 4.69) is 10.3 Å². The van der Waals surface area contributed by atoms with Crippen LogP contribution < -0.4 is 10.1 Å². The van der Waals surface area contributed by atoms with E-state index in [1.54, 1.807) is 11.7 Å². The SMILES string of the molecule is CCn1cnc(S(=O)(=O)N2CCCC(C(=O)NCc3ccc(OC)cc3)C2)c1. The van der Waals surface area contributed by atoms with Crippen molar-refractivity contribution in [1.82, 2.24) is 19.2 Å². The van der Waals surface area contributed by atoms with E-state index in [0.29, 0.717) is 32.5 Å². The molecule has 1 unspecified atom stereocenters. The van der Waals surface area contributed by atoms with E-state index < -0.39 is 10.0 Å². The molecule has 0 radical (unpaired) electrons. The van der Waals surface area contributed by atoms with Gasteiger partial charge in [-0.1, -0.05) is 12.1 Å². The van der Waals surface area contributed by atoms with Crippen LogP contribution in [0.5, 0.6) is 5.75 Å². The number of amides is 1. The molecule has 0 saturated carbocycles. The van der Waals surface area contributed by atoms with E-state index >= 15 is 0 Å². The van der Waals surface area contributed by atoms with Crippen molar-refractivity contribution in [2.75, 3.05) is 20.2 Å². The van der Waals surface area contributed by atoms with Crippen molar-refractivity contribution in [2.24, 2.45) is 5.92 Å². The summed E-state index contributed by atoms with van der Waals surface area (Å²) < 4.78 is 33.9. The summed E-state index contributed by atoms with van der Waals surface area (Å²) in [6, 6.07) is 7.46. The van der Waals surface area contributed by atoms with Gasteiger partial charge in [-0.2, -0.15) is 4.31 Å². The molecule has 1 atom stereocenters. The first kappa shape index (κ1) is 20.3. The maximum Gasteiger partial charge on any atom is 0.262 e. The molecule has 0 aliphatic carbocycles. The van der Waals surface area contributed by atoms with Gasteiger partial charge >= 0.3 is 0 Å². The number of ether oxygens (including phenoxy) is 1. The van der Waals surface area contributed by atoms with Crippen LogP contribution in [0.25, 0.3) is 0 Å². The number of carbonyl (C=O) groups excluding carboxylic acids is 1. The number of sulfonamides is 1. The molecule has 2 heterocycles. The fraction of sp³-hybridized carbons (Fsp3) is 0.474. The Labute approximate surface area is 165 Å². The second kappa shape index (κ2) is 8.74. The first-order valence-corrected chi connectivity index (χ1v) is 10.8. The molecular weight excluding hydrogens is 380 g/mol. The van der Waals surface area contributed by atoms with Crippen molar-refractivity contribution in [3.63, 3.8) is 0 Å². The minimum absolute atomic E-state index is 0.0358. The number of nitrogens with zero attached hydrogens (tertiary/aromatic N) is 3. The van der Waals surface area contributed by atoms with Crippen LogP contribution in [0, 0.1) is 5.92 Å². The average Bonchev–Trinajstić information content (AvgIpc) is 3.22. The summed E-state index contributed by atoms with van der Waals surface area (Å²) in [6.07, 6.45) is 4.36. The van der Waals surface area contributed by atoms with Crippen LogP contribution in [0.3, 0.4) is 0 Å². The molecule has 9 heteroatoms. The minimum Gasteiger partial charge on any atom is -0.497 e. The number of hydrogen-bond acceptors (Lipinski definition) is 5. The molecule has 1 aromatic carbocycles. The lowest BCUT2D eigenvalue weighted by Gasteiger charge is -2.30. The summed E-state index contributed by atoms with van der Waals surface area (Å²) in [5.74, 6) is 0.263. The Balaban J connectivity index is 1.61. The molecule has 1 saturated heterocycles. The van der Waals surface area contributed by atoms with Gasteiger partial charge in [-0.15, -0.1) is 0 Å². The lowest BCUT2D eigenvalue weighted by atomic mass is 9.99. The molecule has 28 heavy (non-hydrogen) atoms. The second-order valence-corrected chi connectivity index (χ2v) is 8.70. The molecule has 152 valence electrons. The Morgan fingerprint density at radius 1 is 1.32 bits per heavy atom. The Hall–Kier alpha value is -2.39. The zero-order valence-electron chi connectivity index (χ0n) is 16.2. The number of benzene rings is 1. The summed E-state index contributed by atoms with van der Waals surface area (Å²) in [5, 5.41) is 2.95. The molecule has 1 N–H and O–H groups in total. The fourth-order valence-electron chi connectivity index (χ4n) is 3.23. The lowest BCUT2D eigenvalue weighted by Crippen LogP contribution is -2.45. The van der Waals surface area contributed by atoms with Crippen molar-refractivity contribution >= 4 is 15.9 Å². The van der Waals surface area contributed by atoms with Crippen LogP contribution in [0.2, 0.25) is 0 Å². The first-order valence-electron chi connectivity index (χ1n) is 9.36. The molecule has 1 aliphatic heterocycles. The van der Waals surface area contributed by atoms with Crippen LogP contribution in [-0.4, -0.2) is 48.4 Å². The van der Waals surface area contributed by atoms with Crippen molar-refractivity contribution < 1.29 is 17.9 Å². The van der Waals surface area contributed by atoms with Crippen LogP contribution in [0.15, 0.2) is 41.8 Å². The maximum absolute atomic E-state index is 12.8. The second-order valence-electron chi connectivity index (χ2n) is 6.81. The highest BCUT2D eigenvalue weighted by molar-refractivity contribution is 7.89. The smallest absolute Gasteiger partial charge is 0.262 e. The van der Waals surface area contributed by atoms with Gasteiger partial charge < -0.3 is 14.6 Å². The number of hydrogen-bond donors (Lipinski definition) is 1. The lowest BCUT2D eigenvalue weighted by molar-refractivity contribution is -0.126. The molecule has 2 aromatic rings. The van der Waals surface area contributed by atoms with E-state index in [1.807, 2.05) is 31.2 Å². The summed E-state index contributed by atoms with van der Waals surface area (Å²) in [4.78, 5) is 16.6. The largest absolute Gasteiger partial charge is 0.497 e. The number of aryl methyl sites for hydroxylation is 1. The predicted octanol–water partition coefficient (Wildman–Crippen LogP) is 1.63. The minimum atomic E-state index is -3.69. The van der Waals surface area contributed by atoms with Crippen LogP contribution in [0.1, 0.15) is 25.3 Å². The number of imidazole rings is 1. The third-order valence-electron chi connectivity index (χ3n) is 4.96. The van der Waals surface area contributed by atoms with Crippen molar-refractivity contribution in [3.8, 4) is 5.75 Å². The molecule has 1 amide bonds. The van der Waals surface area contributed by atoms with E-state index in [0.717, 1.165) is 11.3 Å². The average molecular weight is 407 g/mol. The number of nitrogens with one attached hydrogen (secondary N) is 1. The third-order valence-corrected chi connectivity index (χ3v) is 6.71. The van der Waals surface area contributed by atoms with Crippen LogP contribution >= 0.6 is 0 Å². The van der Waals surface area contributed by atoms with Gasteiger partial charge in [0.05, 0.1) is 19.4 Å². The number of rotatable bonds is 7. The molecule has 1 aliphatic rings. The summed E-state index contributed by atoms with van der Waals surface area (Å²) in [6.45, 7) is 3.55. The zero-order chi connectivity index (χ0) is 20.1. The van der Waals surface area contributed by atoms with Crippen molar-refractivity contribution in [1.29, 1.82) is 0 Å². The van der Waals surface area contributed by atoms with E-state index in [4.69, 9.17) is 4.74 Å². The highest BCUT2D eigenvalue weighted by atomic mass is 32.2. The summed E-state index contributed by atoms with van der Waals surface area (Å²) in [5.41, 5.74) is 0.958. The Kier molecular flexibility index (Phi) is 6.35. The number of piperidine rings is 1. The molecule has 3 rings (SSSR count). The van der Waals surface area contributed by atoms with E-state index in [1.165, 1.54) is 16.8 Å². The van der Waals surface area contributed by atoms with E-state index in [9.17, 15) is 13.2 Å². The van der Waals surface area contributed by atoms with Gasteiger partial charge in [0.1, 0.15) is 5.75 Å². The van der Waals surface area contributed by atoms with Gasteiger partial charge in [-0.05, 0) is 37.5 Å². The van der Waals surface area contributed by atoms with Gasteiger partial charge in [0.2, 0.25) is 5.91 Å². The van der Waals surface area contributed by atoms with Gasteiger partial charge in [-0.3, -0.25) is 4.79 Å². The summed E-state index contributed by atoms with van der Waals surface area (Å²) >= 11 is 0.